The Morgan fingerprint density at radius 3 is 2.76 bits per heavy atom. The van der Waals surface area contributed by atoms with Crippen LogP contribution in [0.4, 0.5) is 33.2 Å². The van der Waals surface area contributed by atoms with E-state index in [1.165, 1.54) is 17.0 Å². The summed E-state index contributed by atoms with van der Waals surface area (Å²) in [5, 5.41) is 7.13. The Morgan fingerprint density at radius 2 is 1.94 bits per heavy atom. The fourth-order valence-electron chi connectivity index (χ4n) is 4.52. The summed E-state index contributed by atoms with van der Waals surface area (Å²) in [7, 11) is 0. The maximum absolute atomic E-state index is 14.2. The SMILES string of the molecule is O=C1c2cc(F)ccc2N2c3nc(NC4CCOCC4)ncc3NC2N1c1ccccc1Cl. The van der Waals surface area contributed by atoms with Crippen molar-refractivity contribution < 1.29 is 13.9 Å². The molecule has 3 aliphatic rings. The Morgan fingerprint density at radius 1 is 1.12 bits per heavy atom. The minimum absolute atomic E-state index is 0.228. The fourth-order valence-corrected chi connectivity index (χ4v) is 4.74. The number of benzene rings is 2. The van der Waals surface area contributed by atoms with Gasteiger partial charge in [-0.2, -0.15) is 4.98 Å². The number of para-hydroxylation sites is 1. The van der Waals surface area contributed by atoms with Gasteiger partial charge in [0.05, 0.1) is 33.8 Å². The lowest BCUT2D eigenvalue weighted by Gasteiger charge is -2.41. The summed E-state index contributed by atoms with van der Waals surface area (Å²) < 4.78 is 19.6. The minimum atomic E-state index is -0.627. The van der Waals surface area contributed by atoms with Gasteiger partial charge >= 0.3 is 0 Å². The van der Waals surface area contributed by atoms with Crippen LogP contribution in [0.5, 0.6) is 0 Å². The van der Waals surface area contributed by atoms with Gasteiger partial charge in [0, 0.05) is 19.3 Å². The van der Waals surface area contributed by atoms with Gasteiger partial charge < -0.3 is 15.4 Å². The molecule has 1 aromatic heterocycles. The molecule has 0 aliphatic carbocycles. The maximum Gasteiger partial charge on any atom is 0.263 e. The number of carbonyl (C=O) groups is 1. The van der Waals surface area contributed by atoms with Gasteiger partial charge in [0.25, 0.3) is 5.91 Å². The molecule has 0 saturated carbocycles. The van der Waals surface area contributed by atoms with Crippen molar-refractivity contribution in [2.45, 2.75) is 25.2 Å². The van der Waals surface area contributed by atoms with Gasteiger partial charge in [-0.25, -0.2) is 9.37 Å². The van der Waals surface area contributed by atoms with Gasteiger partial charge in [-0.05, 0) is 43.2 Å². The van der Waals surface area contributed by atoms with Gasteiger partial charge in [0.1, 0.15) is 5.82 Å². The number of anilines is 5. The lowest BCUT2D eigenvalue weighted by atomic mass is 10.1. The molecule has 0 spiro atoms. The normalized spacial score (nSPS) is 19.6. The highest BCUT2D eigenvalue weighted by Gasteiger charge is 2.45. The number of rotatable bonds is 3. The molecule has 168 valence electrons. The van der Waals surface area contributed by atoms with Crippen molar-refractivity contribution in [1.82, 2.24) is 9.97 Å². The molecule has 3 aliphatic heterocycles. The quantitative estimate of drug-likeness (QED) is 0.593. The van der Waals surface area contributed by atoms with E-state index < -0.39 is 12.1 Å². The van der Waals surface area contributed by atoms with E-state index in [1.54, 1.807) is 36.5 Å². The summed E-state index contributed by atoms with van der Waals surface area (Å²) in [6, 6.07) is 11.5. The predicted molar refractivity (Wildman–Crippen MR) is 124 cm³/mol. The number of halogens is 2. The Balaban J connectivity index is 1.45. The topological polar surface area (TPSA) is 82.6 Å². The first-order valence-corrected chi connectivity index (χ1v) is 11.1. The molecule has 1 atom stereocenters. The van der Waals surface area contributed by atoms with Crippen LogP contribution in [0.1, 0.15) is 23.2 Å². The zero-order valence-electron chi connectivity index (χ0n) is 17.5. The summed E-state index contributed by atoms with van der Waals surface area (Å²) in [6.07, 6.45) is 2.82. The lowest BCUT2D eigenvalue weighted by molar-refractivity contribution is 0.0903. The Hall–Kier alpha value is -3.43. The lowest BCUT2D eigenvalue weighted by Crippen LogP contribution is -2.55. The molecular formula is C23H20ClFN6O2. The zero-order valence-corrected chi connectivity index (χ0v) is 18.2. The van der Waals surface area contributed by atoms with Gasteiger partial charge in [-0.3, -0.25) is 14.6 Å². The molecule has 0 bridgehead atoms. The van der Waals surface area contributed by atoms with E-state index in [1.807, 2.05) is 4.90 Å². The number of nitrogens with zero attached hydrogens (tertiary/aromatic N) is 4. The van der Waals surface area contributed by atoms with Crippen LogP contribution in [0.15, 0.2) is 48.7 Å². The van der Waals surface area contributed by atoms with E-state index in [-0.39, 0.29) is 17.5 Å². The first-order chi connectivity index (χ1) is 16.1. The number of amides is 1. The summed E-state index contributed by atoms with van der Waals surface area (Å²) in [5.41, 5.74) is 1.98. The van der Waals surface area contributed by atoms with Crippen LogP contribution < -0.4 is 20.4 Å². The van der Waals surface area contributed by atoms with Crippen molar-refractivity contribution in [3.8, 4) is 0 Å². The second-order valence-electron chi connectivity index (χ2n) is 8.14. The van der Waals surface area contributed by atoms with E-state index in [4.69, 9.17) is 21.3 Å². The second kappa shape index (κ2) is 7.86. The average Bonchev–Trinajstić information content (AvgIpc) is 3.19. The summed E-state index contributed by atoms with van der Waals surface area (Å²) in [4.78, 5) is 26.2. The molecule has 1 saturated heterocycles. The summed E-state index contributed by atoms with van der Waals surface area (Å²) in [6.45, 7) is 1.40. The Labute approximate surface area is 194 Å². The van der Waals surface area contributed by atoms with E-state index in [0.29, 0.717) is 47.1 Å². The molecule has 8 nitrogen and oxygen atoms in total. The largest absolute Gasteiger partial charge is 0.381 e. The van der Waals surface area contributed by atoms with E-state index in [9.17, 15) is 9.18 Å². The first-order valence-electron chi connectivity index (χ1n) is 10.7. The van der Waals surface area contributed by atoms with Crippen LogP contribution in [0.25, 0.3) is 0 Å². The zero-order chi connectivity index (χ0) is 22.5. The highest BCUT2D eigenvalue weighted by molar-refractivity contribution is 6.34. The number of fused-ring (bicyclic) bond motifs is 5. The molecule has 1 amide bonds. The van der Waals surface area contributed by atoms with Crippen molar-refractivity contribution in [1.29, 1.82) is 0 Å². The monoisotopic (exact) mass is 466 g/mol. The van der Waals surface area contributed by atoms with Crippen molar-refractivity contribution in [3.63, 3.8) is 0 Å². The van der Waals surface area contributed by atoms with Crippen LogP contribution in [0.3, 0.4) is 0 Å². The third kappa shape index (κ3) is 3.35. The molecule has 6 rings (SSSR count). The van der Waals surface area contributed by atoms with Crippen molar-refractivity contribution in [3.05, 3.63) is 65.1 Å². The highest BCUT2D eigenvalue weighted by atomic mass is 35.5. The summed E-state index contributed by atoms with van der Waals surface area (Å²) >= 11 is 6.45. The smallest absolute Gasteiger partial charge is 0.263 e. The van der Waals surface area contributed by atoms with E-state index in [2.05, 4.69) is 15.6 Å². The molecule has 10 heteroatoms. The minimum Gasteiger partial charge on any atom is -0.381 e. The van der Waals surface area contributed by atoms with Crippen LogP contribution >= 0.6 is 11.6 Å². The van der Waals surface area contributed by atoms with Crippen molar-refractivity contribution in [2.24, 2.45) is 0 Å². The molecule has 1 fully saturated rings. The Bertz CT molecular complexity index is 1250. The maximum atomic E-state index is 14.2. The standard InChI is InChI=1S/C23H20ClFN6O2/c24-16-3-1-2-4-19(16)31-21(32)15-11-13(25)5-6-18(15)30-20-17(28-23(30)31)12-26-22(29-20)27-14-7-9-33-10-8-14/h1-6,11-12,14,23,28H,7-10H2,(H,26,27,29). The molecule has 3 aromatic rings. The van der Waals surface area contributed by atoms with Crippen LogP contribution in [0.2, 0.25) is 5.02 Å². The number of nitrogens with one attached hydrogen (secondary N) is 2. The fraction of sp³-hybridized carbons (Fsp3) is 0.261. The van der Waals surface area contributed by atoms with Gasteiger partial charge in [-0.15, -0.1) is 0 Å². The molecule has 33 heavy (non-hydrogen) atoms. The second-order valence-corrected chi connectivity index (χ2v) is 8.55. The molecule has 4 heterocycles. The molecular weight excluding hydrogens is 447 g/mol. The van der Waals surface area contributed by atoms with Crippen LogP contribution in [-0.4, -0.2) is 41.4 Å². The number of hydrogen-bond acceptors (Lipinski definition) is 7. The van der Waals surface area contributed by atoms with Gasteiger partial charge in [-0.1, -0.05) is 23.7 Å². The highest BCUT2D eigenvalue weighted by Crippen LogP contribution is 2.46. The number of carbonyl (C=O) groups excluding carboxylic acids is 1. The van der Waals surface area contributed by atoms with Crippen molar-refractivity contribution in [2.75, 3.05) is 33.6 Å². The Kier molecular flexibility index (Phi) is 4.81. The number of ether oxygens (including phenoxy) is 1. The summed E-state index contributed by atoms with van der Waals surface area (Å²) in [5.74, 6) is 0.249. The van der Waals surface area contributed by atoms with E-state index in [0.717, 1.165) is 12.8 Å². The van der Waals surface area contributed by atoms with Crippen molar-refractivity contribution >= 4 is 46.3 Å². The third-order valence-electron chi connectivity index (χ3n) is 6.10. The van der Waals surface area contributed by atoms with Gasteiger partial charge in [0.2, 0.25) is 5.95 Å². The molecule has 1 unspecified atom stereocenters. The molecule has 2 N–H and O–H groups in total. The van der Waals surface area contributed by atoms with Crippen LogP contribution in [0, 0.1) is 5.82 Å². The molecule has 2 aromatic carbocycles. The average molecular weight is 467 g/mol. The predicted octanol–water partition coefficient (Wildman–Crippen LogP) is 4.37. The number of aromatic nitrogens is 2. The van der Waals surface area contributed by atoms with Crippen LogP contribution in [-0.2, 0) is 4.74 Å². The van der Waals surface area contributed by atoms with E-state index >= 15 is 0 Å². The third-order valence-corrected chi connectivity index (χ3v) is 6.42. The number of hydrogen-bond donors (Lipinski definition) is 2. The first kappa shape index (κ1) is 20.2. The molecule has 0 radical (unpaired) electrons. The van der Waals surface area contributed by atoms with Gasteiger partial charge in [0.15, 0.2) is 12.1 Å².